The van der Waals surface area contributed by atoms with E-state index in [-0.39, 0.29) is 11.9 Å². The van der Waals surface area contributed by atoms with Crippen molar-refractivity contribution in [1.29, 1.82) is 0 Å². The highest BCUT2D eigenvalue weighted by Crippen LogP contribution is 2.13. The molecular formula is C12H12N2OS. The Morgan fingerprint density at radius 2 is 2.31 bits per heavy atom. The van der Waals surface area contributed by atoms with Gasteiger partial charge in [-0.15, -0.1) is 11.3 Å². The van der Waals surface area contributed by atoms with Crippen LogP contribution in [0.1, 0.15) is 28.2 Å². The molecular weight excluding hydrogens is 220 g/mol. The molecule has 0 aliphatic heterocycles. The van der Waals surface area contributed by atoms with E-state index in [9.17, 15) is 4.79 Å². The second-order valence-electron chi connectivity index (χ2n) is 3.46. The van der Waals surface area contributed by atoms with Crippen LogP contribution in [0.3, 0.4) is 0 Å². The highest BCUT2D eigenvalue weighted by molar-refractivity contribution is 7.12. The van der Waals surface area contributed by atoms with Crippen LogP contribution in [0.25, 0.3) is 0 Å². The van der Waals surface area contributed by atoms with Gasteiger partial charge in [-0.25, -0.2) is 0 Å². The zero-order valence-electron chi connectivity index (χ0n) is 8.88. The van der Waals surface area contributed by atoms with Crippen molar-refractivity contribution in [3.05, 3.63) is 52.5 Å². The molecule has 82 valence electrons. The summed E-state index contributed by atoms with van der Waals surface area (Å²) >= 11 is 1.44. The Labute approximate surface area is 98.2 Å². The van der Waals surface area contributed by atoms with E-state index in [1.54, 1.807) is 12.4 Å². The Morgan fingerprint density at radius 3 is 2.94 bits per heavy atom. The molecule has 4 heteroatoms. The summed E-state index contributed by atoms with van der Waals surface area (Å²) in [5.41, 5.74) is 1.01. The standard InChI is InChI=1S/C12H12N2OS/c1-9(10-4-2-6-13-8-10)14-12(15)11-5-3-7-16-11/h2-9H,1H3,(H,14,15). The molecule has 0 bridgehead atoms. The van der Waals surface area contributed by atoms with Crippen LogP contribution in [0.4, 0.5) is 0 Å². The number of amides is 1. The highest BCUT2D eigenvalue weighted by Gasteiger charge is 2.11. The molecule has 0 fully saturated rings. The second kappa shape index (κ2) is 4.90. The van der Waals surface area contributed by atoms with Gasteiger partial charge in [0.2, 0.25) is 0 Å². The molecule has 1 amide bonds. The first-order chi connectivity index (χ1) is 7.77. The molecule has 0 aliphatic carbocycles. The van der Waals surface area contributed by atoms with Crippen molar-refractivity contribution < 1.29 is 4.79 Å². The first kappa shape index (κ1) is 10.8. The Bertz CT molecular complexity index is 453. The molecule has 16 heavy (non-hydrogen) atoms. The van der Waals surface area contributed by atoms with E-state index in [1.807, 2.05) is 36.6 Å². The maximum Gasteiger partial charge on any atom is 0.261 e. The van der Waals surface area contributed by atoms with E-state index in [4.69, 9.17) is 0 Å². The zero-order chi connectivity index (χ0) is 11.4. The molecule has 2 rings (SSSR count). The van der Waals surface area contributed by atoms with Crippen LogP contribution < -0.4 is 5.32 Å². The van der Waals surface area contributed by atoms with Crippen molar-refractivity contribution in [1.82, 2.24) is 10.3 Å². The van der Waals surface area contributed by atoms with E-state index < -0.39 is 0 Å². The topological polar surface area (TPSA) is 42.0 Å². The van der Waals surface area contributed by atoms with E-state index in [2.05, 4.69) is 10.3 Å². The Hall–Kier alpha value is -1.68. The summed E-state index contributed by atoms with van der Waals surface area (Å²) in [4.78, 5) is 16.5. The lowest BCUT2D eigenvalue weighted by molar-refractivity contribution is 0.0944. The van der Waals surface area contributed by atoms with E-state index in [0.29, 0.717) is 0 Å². The summed E-state index contributed by atoms with van der Waals surface area (Å²) in [6.07, 6.45) is 3.48. The van der Waals surface area contributed by atoms with Gasteiger partial charge >= 0.3 is 0 Å². The van der Waals surface area contributed by atoms with Crippen LogP contribution in [0, 0.1) is 0 Å². The maximum atomic E-state index is 11.8. The summed E-state index contributed by atoms with van der Waals surface area (Å²) in [5, 5.41) is 4.82. The van der Waals surface area contributed by atoms with Gasteiger partial charge in [0.1, 0.15) is 0 Å². The third-order valence-corrected chi connectivity index (χ3v) is 3.15. The fraction of sp³-hybridized carbons (Fsp3) is 0.167. The zero-order valence-corrected chi connectivity index (χ0v) is 9.70. The molecule has 0 aliphatic rings. The van der Waals surface area contributed by atoms with Gasteiger partial charge in [0.05, 0.1) is 10.9 Å². The van der Waals surface area contributed by atoms with Crippen molar-refractivity contribution in [2.45, 2.75) is 13.0 Å². The lowest BCUT2D eigenvalue weighted by atomic mass is 10.1. The minimum atomic E-state index is -0.0358. The third-order valence-electron chi connectivity index (χ3n) is 2.28. The van der Waals surface area contributed by atoms with Crippen LogP contribution in [-0.4, -0.2) is 10.9 Å². The van der Waals surface area contributed by atoms with Crippen LogP contribution in [0.2, 0.25) is 0 Å². The van der Waals surface area contributed by atoms with Crippen molar-refractivity contribution in [3.63, 3.8) is 0 Å². The molecule has 2 aromatic heterocycles. The Balaban J connectivity index is 2.03. The van der Waals surface area contributed by atoms with Gasteiger partial charge in [0.25, 0.3) is 5.91 Å². The molecule has 2 aromatic rings. The lowest BCUT2D eigenvalue weighted by Crippen LogP contribution is -2.25. The minimum absolute atomic E-state index is 0.0247. The molecule has 1 N–H and O–H groups in total. The summed E-state index contributed by atoms with van der Waals surface area (Å²) in [6.45, 7) is 1.95. The van der Waals surface area contributed by atoms with Gasteiger partial charge < -0.3 is 5.32 Å². The first-order valence-electron chi connectivity index (χ1n) is 5.01. The number of thiophene rings is 1. The molecule has 0 aromatic carbocycles. The molecule has 1 atom stereocenters. The smallest absolute Gasteiger partial charge is 0.261 e. The van der Waals surface area contributed by atoms with Gasteiger partial charge in [-0.1, -0.05) is 12.1 Å². The minimum Gasteiger partial charge on any atom is -0.345 e. The van der Waals surface area contributed by atoms with Crippen molar-refractivity contribution in [3.8, 4) is 0 Å². The number of pyridine rings is 1. The number of nitrogens with one attached hydrogen (secondary N) is 1. The molecule has 0 radical (unpaired) electrons. The van der Waals surface area contributed by atoms with Crippen molar-refractivity contribution >= 4 is 17.2 Å². The predicted molar refractivity (Wildman–Crippen MR) is 64.4 cm³/mol. The maximum absolute atomic E-state index is 11.8. The summed E-state index contributed by atoms with van der Waals surface area (Å²) in [7, 11) is 0. The Morgan fingerprint density at radius 1 is 1.44 bits per heavy atom. The number of nitrogens with zero attached hydrogens (tertiary/aromatic N) is 1. The van der Waals surface area contributed by atoms with Crippen LogP contribution in [0.5, 0.6) is 0 Å². The molecule has 0 saturated heterocycles. The van der Waals surface area contributed by atoms with E-state index in [1.165, 1.54) is 11.3 Å². The summed E-state index contributed by atoms with van der Waals surface area (Å²) in [5.74, 6) is -0.0358. The molecule has 2 heterocycles. The summed E-state index contributed by atoms with van der Waals surface area (Å²) in [6, 6.07) is 7.48. The fourth-order valence-corrected chi connectivity index (χ4v) is 2.02. The molecule has 3 nitrogen and oxygen atoms in total. The van der Waals surface area contributed by atoms with Gasteiger partial charge in [-0.3, -0.25) is 9.78 Å². The van der Waals surface area contributed by atoms with Gasteiger partial charge in [0, 0.05) is 12.4 Å². The molecule has 1 unspecified atom stereocenters. The van der Waals surface area contributed by atoms with Gasteiger partial charge in [-0.05, 0) is 30.0 Å². The monoisotopic (exact) mass is 232 g/mol. The van der Waals surface area contributed by atoms with Crippen LogP contribution in [0.15, 0.2) is 42.0 Å². The number of hydrogen-bond acceptors (Lipinski definition) is 3. The first-order valence-corrected chi connectivity index (χ1v) is 5.89. The average molecular weight is 232 g/mol. The van der Waals surface area contributed by atoms with E-state index >= 15 is 0 Å². The largest absolute Gasteiger partial charge is 0.345 e. The predicted octanol–water partition coefficient (Wildman–Crippen LogP) is 2.63. The summed E-state index contributed by atoms with van der Waals surface area (Å²) < 4.78 is 0. The molecule has 0 saturated carbocycles. The number of carbonyl (C=O) groups excluding carboxylic acids is 1. The third kappa shape index (κ3) is 2.46. The Kier molecular flexibility index (Phi) is 3.31. The van der Waals surface area contributed by atoms with Gasteiger partial charge in [0.15, 0.2) is 0 Å². The quantitative estimate of drug-likeness (QED) is 0.884. The SMILES string of the molecule is CC(NC(=O)c1cccs1)c1cccnc1. The van der Waals surface area contributed by atoms with Crippen LogP contribution in [-0.2, 0) is 0 Å². The lowest BCUT2D eigenvalue weighted by Gasteiger charge is -2.12. The van der Waals surface area contributed by atoms with Crippen molar-refractivity contribution in [2.75, 3.05) is 0 Å². The number of rotatable bonds is 3. The van der Waals surface area contributed by atoms with Gasteiger partial charge in [-0.2, -0.15) is 0 Å². The normalized spacial score (nSPS) is 12.1. The second-order valence-corrected chi connectivity index (χ2v) is 4.41. The van der Waals surface area contributed by atoms with Crippen LogP contribution >= 0.6 is 11.3 Å². The number of carbonyl (C=O) groups is 1. The van der Waals surface area contributed by atoms with E-state index in [0.717, 1.165) is 10.4 Å². The molecule has 0 spiro atoms. The number of hydrogen-bond donors (Lipinski definition) is 1. The number of aromatic nitrogens is 1. The highest BCUT2D eigenvalue weighted by atomic mass is 32.1. The average Bonchev–Trinajstić information content (AvgIpc) is 2.83. The fourth-order valence-electron chi connectivity index (χ4n) is 1.39. The van der Waals surface area contributed by atoms with Crippen molar-refractivity contribution in [2.24, 2.45) is 0 Å².